The summed E-state index contributed by atoms with van der Waals surface area (Å²) in [6.45, 7) is 1.96. The van der Waals surface area contributed by atoms with Crippen LogP contribution in [0.15, 0.2) is 42.1 Å². The van der Waals surface area contributed by atoms with Gasteiger partial charge in [0.15, 0.2) is 0 Å². The third-order valence-corrected chi connectivity index (χ3v) is 5.33. The Morgan fingerprint density at radius 1 is 1.25 bits per heavy atom. The molecule has 0 saturated heterocycles. The van der Waals surface area contributed by atoms with E-state index in [1.54, 1.807) is 37.8 Å². The SMILES string of the molecule is Cc1nccn1-c1cc(CNS(=O)(=O)c2ncn(C)c2Cl)ccn1. The van der Waals surface area contributed by atoms with Crippen molar-refractivity contribution in [3.63, 3.8) is 0 Å². The average molecular weight is 367 g/mol. The maximum Gasteiger partial charge on any atom is 0.261 e. The van der Waals surface area contributed by atoms with Crippen molar-refractivity contribution in [3.05, 3.63) is 53.6 Å². The minimum absolute atomic E-state index is 0.0620. The van der Waals surface area contributed by atoms with Crippen LogP contribution < -0.4 is 4.72 Å². The Labute approximate surface area is 144 Å². The molecule has 8 nitrogen and oxygen atoms in total. The van der Waals surface area contributed by atoms with Gasteiger partial charge in [0.25, 0.3) is 10.0 Å². The second-order valence-electron chi connectivity index (χ2n) is 5.14. The molecule has 3 aromatic rings. The van der Waals surface area contributed by atoms with E-state index < -0.39 is 10.0 Å². The molecule has 0 saturated carbocycles. The fourth-order valence-corrected chi connectivity index (χ4v) is 3.59. The summed E-state index contributed by atoms with van der Waals surface area (Å²) in [7, 11) is -2.17. The van der Waals surface area contributed by atoms with Crippen molar-refractivity contribution in [2.75, 3.05) is 0 Å². The first-order valence-corrected chi connectivity index (χ1v) is 8.86. The van der Waals surface area contributed by atoms with Crippen LogP contribution in [0.5, 0.6) is 0 Å². The van der Waals surface area contributed by atoms with E-state index in [4.69, 9.17) is 11.6 Å². The van der Waals surface area contributed by atoms with Crippen LogP contribution in [-0.2, 0) is 23.6 Å². The number of hydrogen-bond donors (Lipinski definition) is 1. The van der Waals surface area contributed by atoms with Crippen molar-refractivity contribution in [3.8, 4) is 5.82 Å². The van der Waals surface area contributed by atoms with Gasteiger partial charge in [-0.1, -0.05) is 11.6 Å². The molecule has 0 spiro atoms. The fourth-order valence-electron chi connectivity index (χ4n) is 2.14. The van der Waals surface area contributed by atoms with Crippen molar-refractivity contribution in [2.24, 2.45) is 7.05 Å². The molecule has 0 aromatic carbocycles. The number of nitrogens with zero attached hydrogens (tertiary/aromatic N) is 5. The topological polar surface area (TPSA) is 94.7 Å². The van der Waals surface area contributed by atoms with Crippen LogP contribution in [0.3, 0.4) is 0 Å². The summed E-state index contributed by atoms with van der Waals surface area (Å²) in [4.78, 5) is 12.2. The molecular weight excluding hydrogens is 352 g/mol. The van der Waals surface area contributed by atoms with E-state index in [1.807, 2.05) is 11.5 Å². The predicted molar refractivity (Wildman–Crippen MR) is 88.3 cm³/mol. The Hall–Kier alpha value is -2.23. The van der Waals surface area contributed by atoms with E-state index in [0.717, 1.165) is 11.4 Å². The first kappa shape index (κ1) is 16.6. The van der Waals surface area contributed by atoms with Gasteiger partial charge in [0, 0.05) is 32.2 Å². The lowest BCUT2D eigenvalue weighted by atomic mass is 10.2. The zero-order valence-electron chi connectivity index (χ0n) is 13.0. The van der Waals surface area contributed by atoms with Gasteiger partial charge in [0.1, 0.15) is 16.8 Å². The van der Waals surface area contributed by atoms with Crippen molar-refractivity contribution >= 4 is 21.6 Å². The summed E-state index contributed by atoms with van der Waals surface area (Å²) in [6.07, 6.45) is 6.43. The molecular formula is C14H15ClN6O2S. The Morgan fingerprint density at radius 3 is 2.67 bits per heavy atom. The summed E-state index contributed by atoms with van der Waals surface area (Å²) >= 11 is 5.95. The summed E-state index contributed by atoms with van der Waals surface area (Å²) in [5.41, 5.74) is 0.753. The van der Waals surface area contributed by atoms with Gasteiger partial charge in [-0.2, -0.15) is 0 Å². The lowest BCUT2D eigenvalue weighted by Gasteiger charge is -2.08. The molecule has 0 unspecified atom stereocenters. The Balaban J connectivity index is 1.80. The highest BCUT2D eigenvalue weighted by Gasteiger charge is 2.22. The highest BCUT2D eigenvalue weighted by Crippen LogP contribution is 2.18. The van der Waals surface area contributed by atoms with Crippen molar-refractivity contribution in [1.29, 1.82) is 0 Å². The quantitative estimate of drug-likeness (QED) is 0.737. The minimum Gasteiger partial charge on any atom is -0.324 e. The highest BCUT2D eigenvalue weighted by molar-refractivity contribution is 7.89. The van der Waals surface area contributed by atoms with Crippen molar-refractivity contribution in [1.82, 2.24) is 28.8 Å². The van der Waals surface area contributed by atoms with E-state index in [0.29, 0.717) is 5.82 Å². The second-order valence-corrected chi connectivity index (χ2v) is 7.18. The smallest absolute Gasteiger partial charge is 0.261 e. The van der Waals surface area contributed by atoms with Gasteiger partial charge in [-0.25, -0.2) is 28.1 Å². The summed E-state index contributed by atoms with van der Waals surface area (Å²) in [6, 6.07) is 3.52. The monoisotopic (exact) mass is 366 g/mol. The van der Waals surface area contributed by atoms with E-state index in [1.165, 1.54) is 10.9 Å². The van der Waals surface area contributed by atoms with E-state index in [2.05, 4.69) is 19.7 Å². The number of pyridine rings is 1. The number of rotatable bonds is 5. The molecule has 0 aliphatic rings. The number of aromatic nitrogens is 5. The number of halogens is 1. The Bertz CT molecular complexity index is 979. The van der Waals surface area contributed by atoms with Crippen LogP contribution in [-0.4, -0.2) is 32.5 Å². The van der Waals surface area contributed by atoms with Gasteiger partial charge < -0.3 is 4.57 Å². The van der Waals surface area contributed by atoms with Crippen LogP contribution in [0.4, 0.5) is 0 Å². The van der Waals surface area contributed by atoms with Crippen LogP contribution in [0.25, 0.3) is 5.82 Å². The Kier molecular flexibility index (Phi) is 4.39. The first-order chi connectivity index (χ1) is 11.4. The van der Waals surface area contributed by atoms with Crippen LogP contribution in [0.1, 0.15) is 11.4 Å². The number of hydrogen-bond acceptors (Lipinski definition) is 5. The molecule has 0 bridgehead atoms. The number of imidazole rings is 2. The molecule has 3 aromatic heterocycles. The molecule has 126 valence electrons. The van der Waals surface area contributed by atoms with Crippen molar-refractivity contribution in [2.45, 2.75) is 18.5 Å². The van der Waals surface area contributed by atoms with Gasteiger partial charge in [-0.15, -0.1) is 0 Å². The molecule has 24 heavy (non-hydrogen) atoms. The molecule has 0 aliphatic carbocycles. The number of aryl methyl sites for hydroxylation is 2. The van der Waals surface area contributed by atoms with Gasteiger partial charge in [0.05, 0.1) is 6.33 Å². The molecule has 0 aliphatic heterocycles. The second kappa shape index (κ2) is 6.34. The molecule has 0 radical (unpaired) electrons. The van der Waals surface area contributed by atoms with Crippen LogP contribution in [0.2, 0.25) is 5.15 Å². The third-order valence-electron chi connectivity index (χ3n) is 3.44. The number of nitrogens with one attached hydrogen (secondary N) is 1. The summed E-state index contributed by atoms with van der Waals surface area (Å²) in [5.74, 6) is 1.46. The number of sulfonamides is 1. The van der Waals surface area contributed by atoms with Gasteiger partial charge in [0.2, 0.25) is 5.03 Å². The third kappa shape index (κ3) is 3.18. The predicted octanol–water partition coefficient (Wildman–Crippen LogP) is 1.44. The molecule has 3 heterocycles. The van der Waals surface area contributed by atoms with E-state index >= 15 is 0 Å². The molecule has 1 N–H and O–H groups in total. The largest absolute Gasteiger partial charge is 0.324 e. The normalized spacial score (nSPS) is 11.8. The molecule has 10 heteroatoms. The van der Waals surface area contributed by atoms with Gasteiger partial charge in [-0.3, -0.25) is 4.57 Å². The molecule has 0 amide bonds. The van der Waals surface area contributed by atoms with Crippen LogP contribution in [0, 0.1) is 6.92 Å². The van der Waals surface area contributed by atoms with E-state index in [9.17, 15) is 8.42 Å². The van der Waals surface area contributed by atoms with E-state index in [-0.39, 0.29) is 16.7 Å². The molecule has 3 rings (SSSR count). The highest BCUT2D eigenvalue weighted by atomic mass is 35.5. The fraction of sp³-hybridized carbons (Fsp3) is 0.214. The average Bonchev–Trinajstić information content (AvgIpc) is 3.13. The molecule has 0 fully saturated rings. The van der Waals surface area contributed by atoms with Crippen LogP contribution >= 0.6 is 11.6 Å². The van der Waals surface area contributed by atoms with Gasteiger partial charge >= 0.3 is 0 Å². The van der Waals surface area contributed by atoms with Gasteiger partial charge in [-0.05, 0) is 24.6 Å². The maximum absolute atomic E-state index is 12.3. The Morgan fingerprint density at radius 2 is 2.04 bits per heavy atom. The zero-order valence-corrected chi connectivity index (χ0v) is 14.6. The zero-order chi connectivity index (χ0) is 17.3. The minimum atomic E-state index is -3.80. The lowest BCUT2D eigenvalue weighted by molar-refractivity contribution is 0.578. The summed E-state index contributed by atoms with van der Waals surface area (Å²) in [5, 5.41) is -0.127. The lowest BCUT2D eigenvalue weighted by Crippen LogP contribution is -2.24. The standard InChI is InChI=1S/C14H15ClN6O2S/c1-10-16-5-6-21(10)12-7-11(3-4-17-12)8-19-24(22,23)14-13(15)20(2)9-18-14/h3-7,9,19H,8H2,1-2H3. The maximum atomic E-state index is 12.3. The first-order valence-electron chi connectivity index (χ1n) is 7.00. The van der Waals surface area contributed by atoms with Crippen molar-refractivity contribution < 1.29 is 8.42 Å². The summed E-state index contributed by atoms with van der Waals surface area (Å²) < 4.78 is 30.3. The molecule has 0 atom stereocenters.